The lowest BCUT2D eigenvalue weighted by atomic mass is 10.1. The van der Waals surface area contributed by atoms with Crippen molar-refractivity contribution in [3.05, 3.63) is 59.9 Å². The Labute approximate surface area is 165 Å². The van der Waals surface area contributed by atoms with Crippen LogP contribution in [0.4, 0.5) is 17.6 Å². The summed E-state index contributed by atoms with van der Waals surface area (Å²) in [4.78, 5) is 17.9. The zero-order valence-electron chi connectivity index (χ0n) is 16.0. The van der Waals surface area contributed by atoms with E-state index in [9.17, 15) is 0 Å². The van der Waals surface area contributed by atoms with Gasteiger partial charge < -0.3 is 16.4 Å². The van der Waals surface area contributed by atoms with Crippen molar-refractivity contribution in [3.8, 4) is 11.1 Å². The van der Waals surface area contributed by atoms with Crippen LogP contribution in [0.15, 0.2) is 48.7 Å². The van der Waals surface area contributed by atoms with Crippen LogP contribution in [0.3, 0.4) is 0 Å². The number of anilines is 3. The van der Waals surface area contributed by atoms with E-state index in [0.29, 0.717) is 11.8 Å². The zero-order valence-corrected chi connectivity index (χ0v) is 16.0. The van der Waals surface area contributed by atoms with Crippen LogP contribution in [0.5, 0.6) is 0 Å². The Morgan fingerprint density at radius 3 is 2.36 bits per heavy atom. The van der Waals surface area contributed by atoms with Crippen molar-refractivity contribution in [3.63, 3.8) is 0 Å². The predicted octanol–water partition coefficient (Wildman–Crippen LogP) is 2.33. The summed E-state index contributed by atoms with van der Waals surface area (Å²) in [6, 6.07) is 14.3. The summed E-state index contributed by atoms with van der Waals surface area (Å²) >= 11 is 0. The molecule has 1 saturated heterocycles. The highest BCUT2D eigenvalue weighted by atomic mass is 15.3. The maximum absolute atomic E-state index is 5.97. The Bertz CT molecular complexity index is 933. The number of nitrogens with zero attached hydrogens (tertiary/aromatic N) is 5. The Morgan fingerprint density at radius 1 is 0.929 bits per heavy atom. The van der Waals surface area contributed by atoms with Crippen LogP contribution < -0.4 is 16.4 Å². The summed E-state index contributed by atoms with van der Waals surface area (Å²) in [6.45, 7) is 6.64. The molecule has 1 aliphatic rings. The van der Waals surface area contributed by atoms with Crippen LogP contribution in [-0.4, -0.2) is 46.0 Å². The van der Waals surface area contributed by atoms with Crippen LogP contribution in [0.1, 0.15) is 11.3 Å². The zero-order chi connectivity index (χ0) is 19.5. The molecular formula is C21H25N7. The maximum atomic E-state index is 5.97. The SMILES string of the molecule is Cc1nc(N)nc(N2CCN(Cc3ccccc3)CC2)c1-c1ccc(N)nc1. The molecule has 4 rings (SSSR count). The third kappa shape index (κ3) is 3.89. The Balaban J connectivity index is 1.55. The van der Waals surface area contributed by atoms with E-state index in [-0.39, 0.29) is 0 Å². The Kier molecular flexibility index (Phi) is 5.08. The smallest absolute Gasteiger partial charge is 0.222 e. The molecule has 0 bridgehead atoms. The van der Waals surface area contributed by atoms with Gasteiger partial charge in [0.25, 0.3) is 0 Å². The number of aromatic nitrogens is 3. The minimum absolute atomic E-state index is 0.298. The van der Waals surface area contributed by atoms with Crippen molar-refractivity contribution in [1.82, 2.24) is 19.9 Å². The van der Waals surface area contributed by atoms with Gasteiger partial charge in [-0.2, -0.15) is 4.98 Å². The molecule has 7 nitrogen and oxygen atoms in total. The fourth-order valence-corrected chi connectivity index (χ4v) is 3.66. The van der Waals surface area contributed by atoms with Crippen LogP contribution in [0.2, 0.25) is 0 Å². The number of aryl methyl sites for hydroxylation is 1. The van der Waals surface area contributed by atoms with Gasteiger partial charge in [-0.1, -0.05) is 30.3 Å². The Morgan fingerprint density at radius 2 is 1.68 bits per heavy atom. The molecule has 0 radical (unpaired) electrons. The molecule has 144 valence electrons. The van der Waals surface area contributed by atoms with Crippen molar-refractivity contribution in [1.29, 1.82) is 0 Å². The molecule has 1 aromatic carbocycles. The molecule has 0 amide bonds. The lowest BCUT2D eigenvalue weighted by molar-refractivity contribution is 0.249. The van der Waals surface area contributed by atoms with Crippen LogP contribution >= 0.6 is 0 Å². The molecule has 28 heavy (non-hydrogen) atoms. The summed E-state index contributed by atoms with van der Waals surface area (Å²) < 4.78 is 0. The van der Waals surface area contributed by atoms with Gasteiger partial charge in [-0.25, -0.2) is 9.97 Å². The van der Waals surface area contributed by atoms with Crippen molar-refractivity contribution >= 4 is 17.6 Å². The maximum Gasteiger partial charge on any atom is 0.222 e. The van der Waals surface area contributed by atoms with Gasteiger partial charge in [-0.05, 0) is 24.6 Å². The first kappa shape index (κ1) is 18.2. The average molecular weight is 375 g/mol. The van der Waals surface area contributed by atoms with Crippen LogP contribution in [-0.2, 0) is 6.54 Å². The molecule has 4 N–H and O–H groups in total. The molecule has 0 saturated carbocycles. The van der Waals surface area contributed by atoms with Gasteiger partial charge in [-0.3, -0.25) is 4.90 Å². The second kappa shape index (κ2) is 7.82. The summed E-state index contributed by atoms with van der Waals surface area (Å²) in [5.74, 6) is 1.66. The third-order valence-electron chi connectivity index (χ3n) is 5.08. The molecule has 0 spiro atoms. The van der Waals surface area contributed by atoms with Gasteiger partial charge in [0.05, 0.1) is 5.69 Å². The summed E-state index contributed by atoms with van der Waals surface area (Å²) in [5, 5.41) is 0. The first-order valence-electron chi connectivity index (χ1n) is 9.47. The number of piperazine rings is 1. The largest absolute Gasteiger partial charge is 0.384 e. The topological polar surface area (TPSA) is 97.2 Å². The van der Waals surface area contributed by atoms with Crippen molar-refractivity contribution in [2.75, 3.05) is 42.5 Å². The van der Waals surface area contributed by atoms with Gasteiger partial charge in [0.1, 0.15) is 11.6 Å². The first-order valence-corrected chi connectivity index (χ1v) is 9.47. The minimum atomic E-state index is 0.298. The molecule has 0 atom stereocenters. The number of nitrogens with two attached hydrogens (primary N) is 2. The average Bonchev–Trinajstić information content (AvgIpc) is 2.70. The highest BCUT2D eigenvalue weighted by Crippen LogP contribution is 2.32. The first-order chi connectivity index (χ1) is 13.6. The van der Waals surface area contributed by atoms with Crippen LogP contribution in [0, 0.1) is 6.92 Å². The quantitative estimate of drug-likeness (QED) is 0.722. The molecule has 7 heteroatoms. The molecular weight excluding hydrogens is 350 g/mol. The monoisotopic (exact) mass is 375 g/mol. The van der Waals surface area contributed by atoms with Crippen molar-refractivity contribution in [2.45, 2.75) is 13.5 Å². The normalized spacial score (nSPS) is 15.0. The second-order valence-corrected chi connectivity index (χ2v) is 7.09. The summed E-state index contributed by atoms with van der Waals surface area (Å²) in [6.07, 6.45) is 1.77. The minimum Gasteiger partial charge on any atom is -0.384 e. The summed E-state index contributed by atoms with van der Waals surface area (Å²) in [5.41, 5.74) is 15.8. The van der Waals surface area contributed by atoms with Crippen molar-refractivity contribution < 1.29 is 0 Å². The van der Waals surface area contributed by atoms with E-state index in [4.69, 9.17) is 11.5 Å². The number of hydrogen-bond acceptors (Lipinski definition) is 7. The second-order valence-electron chi connectivity index (χ2n) is 7.09. The van der Waals surface area contributed by atoms with Crippen molar-refractivity contribution in [2.24, 2.45) is 0 Å². The number of pyridine rings is 1. The van der Waals surface area contributed by atoms with Gasteiger partial charge in [-0.15, -0.1) is 0 Å². The van der Waals surface area contributed by atoms with Gasteiger partial charge in [0, 0.05) is 50.0 Å². The molecule has 0 unspecified atom stereocenters. The van der Waals surface area contributed by atoms with E-state index in [0.717, 1.165) is 55.4 Å². The standard InChI is InChI=1S/C21H25N7/c1-15-19(17-7-8-18(22)24-13-17)20(26-21(23)25-15)28-11-9-27(10-12-28)14-16-5-3-2-4-6-16/h2-8,13H,9-12,14H2,1H3,(H2,22,24)(H2,23,25,26). The molecule has 3 aromatic rings. The predicted molar refractivity (Wildman–Crippen MR) is 113 cm³/mol. The van der Waals surface area contributed by atoms with Crippen LogP contribution in [0.25, 0.3) is 11.1 Å². The number of nitrogen functional groups attached to an aromatic ring is 2. The Hall–Kier alpha value is -3.19. The molecule has 3 heterocycles. The number of benzene rings is 1. The molecule has 1 aliphatic heterocycles. The van der Waals surface area contributed by atoms with E-state index in [1.165, 1.54) is 5.56 Å². The highest BCUT2D eigenvalue weighted by molar-refractivity contribution is 5.78. The third-order valence-corrected chi connectivity index (χ3v) is 5.08. The van der Waals surface area contributed by atoms with E-state index in [1.807, 2.05) is 13.0 Å². The summed E-state index contributed by atoms with van der Waals surface area (Å²) in [7, 11) is 0. The van der Waals surface area contributed by atoms with E-state index in [1.54, 1.807) is 12.3 Å². The lowest BCUT2D eigenvalue weighted by Crippen LogP contribution is -2.46. The molecule has 0 aliphatic carbocycles. The van der Waals surface area contributed by atoms with E-state index < -0.39 is 0 Å². The molecule has 1 fully saturated rings. The van der Waals surface area contributed by atoms with E-state index in [2.05, 4.69) is 55.1 Å². The van der Waals surface area contributed by atoms with Gasteiger partial charge >= 0.3 is 0 Å². The fourth-order valence-electron chi connectivity index (χ4n) is 3.66. The van der Waals surface area contributed by atoms with Gasteiger partial charge in [0.2, 0.25) is 5.95 Å². The molecule has 2 aromatic heterocycles. The number of hydrogen-bond donors (Lipinski definition) is 2. The number of rotatable bonds is 4. The lowest BCUT2D eigenvalue weighted by Gasteiger charge is -2.36. The van der Waals surface area contributed by atoms with E-state index >= 15 is 0 Å². The highest BCUT2D eigenvalue weighted by Gasteiger charge is 2.23. The van der Waals surface area contributed by atoms with Gasteiger partial charge in [0.15, 0.2) is 0 Å². The fraction of sp³-hybridized carbons (Fsp3) is 0.286.